The lowest BCUT2D eigenvalue weighted by atomic mass is 9.92. The SMILES string of the molecule is CC(C)(C)c1ccc(N2CC3CCCC3C2)nn1. The quantitative estimate of drug-likeness (QED) is 0.761. The Morgan fingerprint density at radius 2 is 1.72 bits per heavy atom. The van der Waals surface area contributed by atoms with Crippen molar-refractivity contribution in [2.45, 2.75) is 45.4 Å². The van der Waals surface area contributed by atoms with E-state index in [4.69, 9.17) is 0 Å². The van der Waals surface area contributed by atoms with Crippen LogP contribution in [0.2, 0.25) is 0 Å². The third kappa shape index (κ3) is 2.11. The lowest BCUT2D eigenvalue weighted by Gasteiger charge is -2.20. The summed E-state index contributed by atoms with van der Waals surface area (Å²) in [5.41, 5.74) is 1.16. The monoisotopic (exact) mass is 245 g/mol. The molecule has 3 nitrogen and oxygen atoms in total. The van der Waals surface area contributed by atoms with Crippen molar-refractivity contribution in [1.82, 2.24) is 10.2 Å². The van der Waals surface area contributed by atoms with E-state index < -0.39 is 0 Å². The molecule has 0 aromatic carbocycles. The van der Waals surface area contributed by atoms with Crippen LogP contribution in [0.5, 0.6) is 0 Å². The molecule has 1 aromatic heterocycles. The highest BCUT2D eigenvalue weighted by Gasteiger charge is 2.36. The van der Waals surface area contributed by atoms with Crippen molar-refractivity contribution in [3.63, 3.8) is 0 Å². The van der Waals surface area contributed by atoms with E-state index in [9.17, 15) is 0 Å². The van der Waals surface area contributed by atoms with Crippen LogP contribution in [0.25, 0.3) is 0 Å². The van der Waals surface area contributed by atoms with Crippen molar-refractivity contribution in [3.8, 4) is 0 Å². The first kappa shape index (κ1) is 11.9. The van der Waals surface area contributed by atoms with Crippen LogP contribution in [0.3, 0.4) is 0 Å². The minimum absolute atomic E-state index is 0.0903. The van der Waals surface area contributed by atoms with Crippen LogP contribution in [-0.4, -0.2) is 23.3 Å². The average molecular weight is 245 g/mol. The van der Waals surface area contributed by atoms with Gasteiger partial charge in [-0.15, -0.1) is 5.10 Å². The van der Waals surface area contributed by atoms with Crippen LogP contribution < -0.4 is 4.90 Å². The molecule has 1 aromatic rings. The number of hydrogen-bond donors (Lipinski definition) is 0. The average Bonchev–Trinajstić information content (AvgIpc) is 2.88. The Balaban J connectivity index is 1.74. The first-order valence-electron chi connectivity index (χ1n) is 7.13. The van der Waals surface area contributed by atoms with Gasteiger partial charge in [-0.05, 0) is 36.8 Å². The Hall–Kier alpha value is -1.12. The topological polar surface area (TPSA) is 29.0 Å². The predicted octanol–water partition coefficient (Wildman–Crippen LogP) is 3.01. The van der Waals surface area contributed by atoms with Gasteiger partial charge in [0.2, 0.25) is 0 Å². The van der Waals surface area contributed by atoms with Crippen LogP contribution in [0.15, 0.2) is 12.1 Å². The third-order valence-electron chi connectivity index (χ3n) is 4.47. The summed E-state index contributed by atoms with van der Waals surface area (Å²) in [6.45, 7) is 8.91. The van der Waals surface area contributed by atoms with Crippen molar-refractivity contribution >= 4 is 5.82 Å². The van der Waals surface area contributed by atoms with E-state index in [1.165, 1.54) is 32.4 Å². The molecule has 0 spiro atoms. The molecule has 0 amide bonds. The van der Waals surface area contributed by atoms with Gasteiger partial charge in [0.1, 0.15) is 0 Å². The van der Waals surface area contributed by atoms with E-state index >= 15 is 0 Å². The summed E-state index contributed by atoms with van der Waals surface area (Å²) < 4.78 is 0. The van der Waals surface area contributed by atoms with Gasteiger partial charge in [-0.3, -0.25) is 0 Å². The minimum Gasteiger partial charge on any atom is -0.355 e. The van der Waals surface area contributed by atoms with Gasteiger partial charge in [0.05, 0.1) is 5.69 Å². The summed E-state index contributed by atoms with van der Waals surface area (Å²) in [7, 11) is 0. The van der Waals surface area contributed by atoms with Crippen LogP contribution in [0.4, 0.5) is 5.82 Å². The zero-order valence-corrected chi connectivity index (χ0v) is 11.7. The largest absolute Gasteiger partial charge is 0.355 e. The van der Waals surface area contributed by atoms with Gasteiger partial charge in [0.25, 0.3) is 0 Å². The van der Waals surface area contributed by atoms with E-state index in [-0.39, 0.29) is 5.41 Å². The summed E-state index contributed by atoms with van der Waals surface area (Å²) in [6, 6.07) is 4.28. The Morgan fingerprint density at radius 1 is 1.06 bits per heavy atom. The van der Waals surface area contributed by atoms with Crippen molar-refractivity contribution in [3.05, 3.63) is 17.8 Å². The van der Waals surface area contributed by atoms with Crippen molar-refractivity contribution < 1.29 is 0 Å². The predicted molar refractivity (Wildman–Crippen MR) is 73.8 cm³/mol. The number of rotatable bonds is 1. The molecule has 1 aliphatic carbocycles. The third-order valence-corrected chi connectivity index (χ3v) is 4.47. The molecule has 1 saturated heterocycles. The van der Waals surface area contributed by atoms with Crippen LogP contribution in [0.1, 0.15) is 45.7 Å². The number of hydrogen-bond acceptors (Lipinski definition) is 3. The van der Waals surface area contributed by atoms with Gasteiger partial charge in [-0.2, -0.15) is 5.10 Å². The highest BCUT2D eigenvalue weighted by Crippen LogP contribution is 2.39. The van der Waals surface area contributed by atoms with Crippen LogP contribution in [0, 0.1) is 11.8 Å². The maximum absolute atomic E-state index is 4.43. The molecule has 2 heterocycles. The standard InChI is InChI=1S/C15H23N3/c1-15(2,3)13-7-8-14(17-16-13)18-9-11-5-4-6-12(11)10-18/h7-8,11-12H,4-6,9-10H2,1-3H3. The summed E-state index contributed by atoms with van der Waals surface area (Å²) >= 11 is 0. The number of fused-ring (bicyclic) bond motifs is 1. The Morgan fingerprint density at radius 3 is 2.22 bits per heavy atom. The number of nitrogens with zero attached hydrogens (tertiary/aromatic N) is 3. The molecule has 2 fully saturated rings. The molecule has 0 bridgehead atoms. The molecule has 1 saturated carbocycles. The summed E-state index contributed by atoms with van der Waals surface area (Å²) in [4.78, 5) is 2.42. The highest BCUT2D eigenvalue weighted by molar-refractivity contribution is 5.40. The highest BCUT2D eigenvalue weighted by atomic mass is 15.3. The Kier molecular flexibility index (Phi) is 2.80. The fourth-order valence-electron chi connectivity index (χ4n) is 3.32. The maximum Gasteiger partial charge on any atom is 0.151 e. The fraction of sp³-hybridized carbons (Fsp3) is 0.733. The van der Waals surface area contributed by atoms with Crippen molar-refractivity contribution in [2.24, 2.45) is 11.8 Å². The van der Waals surface area contributed by atoms with Crippen LogP contribution in [-0.2, 0) is 5.41 Å². The molecule has 2 atom stereocenters. The van der Waals surface area contributed by atoms with Crippen molar-refractivity contribution in [1.29, 1.82) is 0 Å². The van der Waals surface area contributed by atoms with Crippen LogP contribution >= 0.6 is 0 Å². The molecule has 0 N–H and O–H groups in total. The Bertz CT molecular complexity index is 406. The molecule has 0 radical (unpaired) electrons. The van der Waals surface area contributed by atoms with E-state index in [0.717, 1.165) is 23.3 Å². The second kappa shape index (κ2) is 4.22. The van der Waals surface area contributed by atoms with Crippen molar-refractivity contribution in [2.75, 3.05) is 18.0 Å². The van der Waals surface area contributed by atoms with E-state index in [1.807, 2.05) is 0 Å². The zero-order valence-electron chi connectivity index (χ0n) is 11.7. The molecule has 3 rings (SSSR count). The van der Waals surface area contributed by atoms with E-state index in [1.54, 1.807) is 0 Å². The first-order valence-corrected chi connectivity index (χ1v) is 7.13. The summed E-state index contributed by atoms with van der Waals surface area (Å²) in [5.74, 6) is 2.89. The van der Waals surface area contributed by atoms with Gasteiger partial charge in [0.15, 0.2) is 5.82 Å². The maximum atomic E-state index is 4.43. The van der Waals surface area contributed by atoms with Gasteiger partial charge < -0.3 is 4.90 Å². The first-order chi connectivity index (χ1) is 8.54. The van der Waals surface area contributed by atoms with E-state index in [2.05, 4.69) is 48.0 Å². The van der Waals surface area contributed by atoms with Gasteiger partial charge >= 0.3 is 0 Å². The molecule has 1 aliphatic heterocycles. The lowest BCUT2D eigenvalue weighted by Crippen LogP contribution is -2.23. The smallest absolute Gasteiger partial charge is 0.151 e. The lowest BCUT2D eigenvalue weighted by molar-refractivity contribution is 0.494. The summed E-state index contributed by atoms with van der Waals surface area (Å²) in [5, 5.41) is 8.83. The number of anilines is 1. The second-order valence-corrected chi connectivity index (χ2v) is 6.88. The zero-order chi connectivity index (χ0) is 12.8. The molecule has 3 heteroatoms. The van der Waals surface area contributed by atoms with Gasteiger partial charge in [-0.1, -0.05) is 27.2 Å². The fourth-order valence-corrected chi connectivity index (χ4v) is 3.32. The molecule has 2 aliphatic rings. The van der Waals surface area contributed by atoms with Gasteiger partial charge in [-0.25, -0.2) is 0 Å². The second-order valence-electron chi connectivity index (χ2n) is 6.88. The number of aromatic nitrogens is 2. The molecule has 2 unspecified atom stereocenters. The molecule has 98 valence electrons. The molecular formula is C15H23N3. The normalized spacial score (nSPS) is 27.6. The minimum atomic E-state index is 0.0903. The Labute approximate surface area is 110 Å². The van der Waals surface area contributed by atoms with E-state index in [0.29, 0.717) is 0 Å². The summed E-state index contributed by atoms with van der Waals surface area (Å²) in [6.07, 6.45) is 4.25. The molecule has 18 heavy (non-hydrogen) atoms. The van der Waals surface area contributed by atoms with Gasteiger partial charge in [0, 0.05) is 18.5 Å². The molecular weight excluding hydrogens is 222 g/mol.